The van der Waals surface area contributed by atoms with Gasteiger partial charge in [0.05, 0.1) is 17.4 Å². The normalized spacial score (nSPS) is 18.1. The molecule has 3 rings (SSSR count). The van der Waals surface area contributed by atoms with Gasteiger partial charge in [0.15, 0.2) is 11.6 Å². The van der Waals surface area contributed by atoms with Crippen molar-refractivity contribution in [1.82, 2.24) is 30.3 Å². The molecule has 1 N–H and O–H groups in total. The average Bonchev–Trinajstić information content (AvgIpc) is 2.87. The second kappa shape index (κ2) is 5.28. The van der Waals surface area contributed by atoms with Crippen LogP contribution in [0.2, 0.25) is 0 Å². The Morgan fingerprint density at radius 1 is 1.25 bits per heavy atom. The molecule has 6 nitrogen and oxygen atoms in total. The van der Waals surface area contributed by atoms with Gasteiger partial charge >= 0.3 is 0 Å². The third-order valence-electron chi connectivity index (χ3n) is 3.74. The molecule has 0 aromatic carbocycles. The summed E-state index contributed by atoms with van der Waals surface area (Å²) < 4.78 is 2.22. The third kappa shape index (κ3) is 2.20. The van der Waals surface area contributed by atoms with E-state index in [2.05, 4.69) is 37.2 Å². The Hall–Kier alpha value is -1.82. The Morgan fingerprint density at radius 2 is 2.10 bits per heavy atom. The van der Waals surface area contributed by atoms with Gasteiger partial charge in [-0.1, -0.05) is 13.3 Å². The smallest absolute Gasteiger partial charge is 0.166 e. The maximum absolute atomic E-state index is 4.41. The summed E-state index contributed by atoms with van der Waals surface area (Å²) in [6, 6.07) is 2.35. The Morgan fingerprint density at radius 3 is 2.90 bits per heavy atom. The lowest BCUT2D eigenvalue weighted by Gasteiger charge is -2.24. The van der Waals surface area contributed by atoms with Crippen LogP contribution in [0, 0.1) is 13.8 Å². The molecule has 1 aliphatic heterocycles. The number of fused-ring (bicyclic) bond motifs is 1. The van der Waals surface area contributed by atoms with Crippen LogP contribution in [-0.4, -0.2) is 31.5 Å². The minimum Gasteiger partial charge on any atom is -0.308 e. The Balaban J connectivity index is 2.06. The van der Waals surface area contributed by atoms with E-state index in [1.807, 2.05) is 19.9 Å². The fourth-order valence-electron chi connectivity index (χ4n) is 2.73. The van der Waals surface area contributed by atoms with Crippen molar-refractivity contribution in [1.29, 1.82) is 0 Å². The first-order chi connectivity index (χ1) is 9.70. The van der Waals surface area contributed by atoms with E-state index in [0.29, 0.717) is 6.04 Å². The second-order valence-corrected chi connectivity index (χ2v) is 5.31. The molecule has 1 unspecified atom stereocenters. The Labute approximate surface area is 118 Å². The highest BCUT2D eigenvalue weighted by molar-refractivity contribution is 5.58. The second-order valence-electron chi connectivity index (χ2n) is 5.31. The summed E-state index contributed by atoms with van der Waals surface area (Å²) in [5, 5.41) is 20.6. The molecule has 0 aliphatic carbocycles. The van der Waals surface area contributed by atoms with Gasteiger partial charge in [0.2, 0.25) is 0 Å². The van der Waals surface area contributed by atoms with Gasteiger partial charge in [-0.3, -0.25) is 0 Å². The highest BCUT2D eigenvalue weighted by Crippen LogP contribution is 2.27. The standard InChI is InChI=1S/C14H20N6/c1-4-5-12-14-19-18-13(20(14)7-6-15-12)11-8-9(2)16-17-10(11)3/h8,12,15H,4-7H2,1-3H3. The van der Waals surface area contributed by atoms with Crippen LogP contribution in [0.15, 0.2) is 6.07 Å². The van der Waals surface area contributed by atoms with Crippen LogP contribution in [0.4, 0.5) is 0 Å². The van der Waals surface area contributed by atoms with Crippen molar-refractivity contribution in [2.75, 3.05) is 6.54 Å². The van der Waals surface area contributed by atoms with Crippen molar-refractivity contribution in [3.63, 3.8) is 0 Å². The van der Waals surface area contributed by atoms with Gasteiger partial charge in [-0.15, -0.1) is 10.2 Å². The minimum absolute atomic E-state index is 0.311. The molecule has 2 aromatic rings. The molecule has 0 fully saturated rings. The van der Waals surface area contributed by atoms with Crippen LogP contribution in [0.25, 0.3) is 11.4 Å². The van der Waals surface area contributed by atoms with E-state index >= 15 is 0 Å². The van der Waals surface area contributed by atoms with Gasteiger partial charge < -0.3 is 9.88 Å². The van der Waals surface area contributed by atoms with E-state index in [0.717, 1.165) is 54.5 Å². The molecule has 0 spiro atoms. The van der Waals surface area contributed by atoms with Gasteiger partial charge in [0.25, 0.3) is 0 Å². The molecular formula is C14H20N6. The Bertz CT molecular complexity index is 618. The van der Waals surface area contributed by atoms with Gasteiger partial charge in [-0.05, 0) is 26.3 Å². The minimum atomic E-state index is 0.311. The van der Waals surface area contributed by atoms with E-state index in [1.165, 1.54) is 0 Å². The van der Waals surface area contributed by atoms with Crippen LogP contribution in [0.3, 0.4) is 0 Å². The first-order valence-electron chi connectivity index (χ1n) is 7.18. The van der Waals surface area contributed by atoms with Crippen molar-refractivity contribution >= 4 is 0 Å². The van der Waals surface area contributed by atoms with Crippen LogP contribution in [-0.2, 0) is 6.54 Å². The fourth-order valence-corrected chi connectivity index (χ4v) is 2.73. The molecular weight excluding hydrogens is 252 g/mol. The zero-order valence-electron chi connectivity index (χ0n) is 12.2. The molecule has 2 aromatic heterocycles. The van der Waals surface area contributed by atoms with Crippen LogP contribution >= 0.6 is 0 Å². The number of nitrogens with zero attached hydrogens (tertiary/aromatic N) is 5. The van der Waals surface area contributed by atoms with Crippen LogP contribution in [0.5, 0.6) is 0 Å². The molecule has 0 saturated carbocycles. The zero-order valence-corrected chi connectivity index (χ0v) is 12.2. The molecule has 1 atom stereocenters. The van der Waals surface area contributed by atoms with Crippen molar-refractivity contribution in [2.24, 2.45) is 0 Å². The highest BCUT2D eigenvalue weighted by Gasteiger charge is 2.25. The molecule has 0 bridgehead atoms. The molecule has 6 heteroatoms. The van der Waals surface area contributed by atoms with E-state index < -0.39 is 0 Å². The van der Waals surface area contributed by atoms with Gasteiger partial charge in [0.1, 0.15) is 0 Å². The molecule has 0 radical (unpaired) electrons. The number of nitrogens with one attached hydrogen (secondary N) is 1. The molecule has 1 aliphatic rings. The van der Waals surface area contributed by atoms with Crippen molar-refractivity contribution in [2.45, 2.75) is 46.2 Å². The summed E-state index contributed by atoms with van der Waals surface area (Å²) >= 11 is 0. The quantitative estimate of drug-likeness (QED) is 0.922. The first-order valence-corrected chi connectivity index (χ1v) is 7.18. The predicted octanol–water partition coefficient (Wildman–Crippen LogP) is 1.80. The highest BCUT2D eigenvalue weighted by atomic mass is 15.3. The zero-order chi connectivity index (χ0) is 14.1. The van der Waals surface area contributed by atoms with Crippen LogP contribution < -0.4 is 5.32 Å². The number of rotatable bonds is 3. The molecule has 3 heterocycles. The summed E-state index contributed by atoms with van der Waals surface area (Å²) in [5.41, 5.74) is 2.84. The van der Waals surface area contributed by atoms with Crippen molar-refractivity contribution in [3.05, 3.63) is 23.3 Å². The van der Waals surface area contributed by atoms with Gasteiger partial charge in [0, 0.05) is 18.7 Å². The number of hydrogen-bond acceptors (Lipinski definition) is 5. The average molecular weight is 272 g/mol. The van der Waals surface area contributed by atoms with Crippen molar-refractivity contribution < 1.29 is 0 Å². The molecule has 20 heavy (non-hydrogen) atoms. The fraction of sp³-hybridized carbons (Fsp3) is 0.571. The van der Waals surface area contributed by atoms with E-state index in [1.54, 1.807) is 0 Å². The Kier molecular flexibility index (Phi) is 3.48. The van der Waals surface area contributed by atoms with Crippen LogP contribution in [0.1, 0.15) is 43.0 Å². The monoisotopic (exact) mass is 272 g/mol. The third-order valence-corrected chi connectivity index (χ3v) is 3.74. The molecule has 106 valence electrons. The summed E-state index contributed by atoms with van der Waals surface area (Å²) in [7, 11) is 0. The molecule has 0 amide bonds. The summed E-state index contributed by atoms with van der Waals surface area (Å²) in [6.07, 6.45) is 2.22. The van der Waals surface area contributed by atoms with E-state index in [9.17, 15) is 0 Å². The summed E-state index contributed by atoms with van der Waals surface area (Å²) in [6.45, 7) is 7.97. The van der Waals surface area contributed by atoms with E-state index in [4.69, 9.17) is 0 Å². The summed E-state index contributed by atoms with van der Waals surface area (Å²) in [5.74, 6) is 1.96. The van der Waals surface area contributed by atoms with Gasteiger partial charge in [-0.25, -0.2) is 0 Å². The van der Waals surface area contributed by atoms with Gasteiger partial charge in [-0.2, -0.15) is 10.2 Å². The van der Waals surface area contributed by atoms with E-state index in [-0.39, 0.29) is 0 Å². The number of hydrogen-bond donors (Lipinski definition) is 1. The lowest BCUT2D eigenvalue weighted by atomic mass is 10.1. The lowest BCUT2D eigenvalue weighted by Crippen LogP contribution is -2.33. The summed E-state index contributed by atoms with van der Waals surface area (Å²) in [4.78, 5) is 0. The SMILES string of the molecule is CCCC1NCCn2c(-c3cc(C)nnc3C)nnc21. The predicted molar refractivity (Wildman–Crippen MR) is 76.2 cm³/mol. The lowest BCUT2D eigenvalue weighted by molar-refractivity contribution is 0.394. The first kappa shape index (κ1) is 13.2. The molecule has 0 saturated heterocycles. The maximum atomic E-state index is 4.41. The largest absolute Gasteiger partial charge is 0.308 e. The van der Waals surface area contributed by atoms with Crippen molar-refractivity contribution in [3.8, 4) is 11.4 Å². The number of aryl methyl sites for hydroxylation is 2. The number of aromatic nitrogens is 5. The maximum Gasteiger partial charge on any atom is 0.166 e. The topological polar surface area (TPSA) is 68.5 Å².